The molecule has 0 aliphatic carbocycles. The van der Waals surface area contributed by atoms with Crippen LogP contribution in [0.3, 0.4) is 0 Å². The van der Waals surface area contributed by atoms with E-state index in [1.165, 1.54) is 9.56 Å². The third-order valence-corrected chi connectivity index (χ3v) is 4.46. The van der Waals surface area contributed by atoms with Gasteiger partial charge in [-0.1, -0.05) is 6.07 Å². The maximum atomic E-state index is 12.2. The maximum absolute atomic E-state index is 12.2. The molecule has 0 aliphatic heterocycles. The highest BCUT2D eigenvalue weighted by Crippen LogP contribution is 2.15. The van der Waals surface area contributed by atoms with Gasteiger partial charge in [0.2, 0.25) is 0 Å². The molecule has 3 heterocycles. The monoisotopic (exact) mass is 300 g/mol. The summed E-state index contributed by atoms with van der Waals surface area (Å²) in [7, 11) is 0. The average Bonchev–Trinajstić information content (AvgIpc) is 3.17. The Morgan fingerprint density at radius 3 is 2.90 bits per heavy atom. The molecule has 20 heavy (non-hydrogen) atoms. The minimum absolute atomic E-state index is 0.0925. The average molecular weight is 300 g/mol. The van der Waals surface area contributed by atoms with Crippen LogP contribution in [-0.4, -0.2) is 15.7 Å². The Bertz CT molecular complexity index is 751. The SMILES string of the molecule is Cc1cc(C(=O)n2ccc(/C=C/c3cccs3)n2)cs1. The minimum Gasteiger partial charge on any atom is -0.267 e. The van der Waals surface area contributed by atoms with E-state index in [0.29, 0.717) is 5.56 Å². The number of hydrogen-bond acceptors (Lipinski definition) is 4. The van der Waals surface area contributed by atoms with Crippen LogP contribution in [0.25, 0.3) is 12.2 Å². The van der Waals surface area contributed by atoms with E-state index < -0.39 is 0 Å². The molecule has 0 amide bonds. The summed E-state index contributed by atoms with van der Waals surface area (Å²) in [5, 5.41) is 8.17. The van der Waals surface area contributed by atoms with E-state index in [1.54, 1.807) is 28.9 Å². The molecule has 0 radical (unpaired) electrons. The molecule has 3 rings (SSSR count). The van der Waals surface area contributed by atoms with Gasteiger partial charge >= 0.3 is 0 Å². The Balaban J connectivity index is 1.78. The van der Waals surface area contributed by atoms with Gasteiger partial charge in [0.05, 0.1) is 11.3 Å². The predicted molar refractivity (Wildman–Crippen MR) is 84.3 cm³/mol. The van der Waals surface area contributed by atoms with Crippen LogP contribution in [0.1, 0.15) is 25.8 Å². The Hall–Kier alpha value is -1.98. The standard InChI is InChI=1S/C15H12N2OS2/c1-11-9-12(10-20-11)15(18)17-7-6-13(16-17)4-5-14-3-2-8-19-14/h2-10H,1H3/b5-4+. The number of nitrogens with zero attached hydrogens (tertiary/aromatic N) is 2. The van der Waals surface area contributed by atoms with Crippen molar-refractivity contribution in [1.29, 1.82) is 0 Å². The number of thiophene rings is 2. The highest BCUT2D eigenvalue weighted by Gasteiger charge is 2.10. The van der Waals surface area contributed by atoms with Gasteiger partial charge in [0, 0.05) is 21.3 Å². The number of hydrogen-bond donors (Lipinski definition) is 0. The highest BCUT2D eigenvalue weighted by molar-refractivity contribution is 7.11. The topological polar surface area (TPSA) is 34.9 Å². The summed E-state index contributed by atoms with van der Waals surface area (Å²) < 4.78 is 1.38. The molecular weight excluding hydrogens is 288 g/mol. The minimum atomic E-state index is -0.0925. The van der Waals surface area contributed by atoms with Crippen LogP contribution in [0, 0.1) is 6.92 Å². The first kappa shape index (κ1) is 13.0. The van der Waals surface area contributed by atoms with E-state index in [0.717, 1.165) is 10.6 Å². The van der Waals surface area contributed by atoms with E-state index in [1.807, 2.05) is 54.1 Å². The van der Waals surface area contributed by atoms with Crippen LogP contribution < -0.4 is 0 Å². The molecule has 0 saturated carbocycles. The molecule has 100 valence electrons. The van der Waals surface area contributed by atoms with E-state index in [9.17, 15) is 4.79 Å². The molecule has 3 nitrogen and oxygen atoms in total. The van der Waals surface area contributed by atoms with Crippen LogP contribution >= 0.6 is 22.7 Å². The van der Waals surface area contributed by atoms with Crippen LogP contribution in [0.15, 0.2) is 41.2 Å². The second kappa shape index (κ2) is 5.56. The summed E-state index contributed by atoms with van der Waals surface area (Å²) in [6.07, 6.45) is 5.61. The number of aryl methyl sites for hydroxylation is 1. The first-order valence-electron chi connectivity index (χ1n) is 6.09. The number of rotatable bonds is 3. The molecule has 0 N–H and O–H groups in total. The Kier molecular flexibility index (Phi) is 3.62. The van der Waals surface area contributed by atoms with Crippen molar-refractivity contribution in [3.63, 3.8) is 0 Å². The smallest absolute Gasteiger partial charge is 0.267 e. The number of aromatic nitrogens is 2. The van der Waals surface area contributed by atoms with Gasteiger partial charge in [-0.25, -0.2) is 4.68 Å². The molecule has 0 unspecified atom stereocenters. The molecule has 3 aromatic rings. The van der Waals surface area contributed by atoms with Crippen molar-refractivity contribution in [2.75, 3.05) is 0 Å². The van der Waals surface area contributed by atoms with Crippen molar-refractivity contribution < 1.29 is 4.79 Å². The maximum Gasteiger partial charge on any atom is 0.279 e. The van der Waals surface area contributed by atoms with Crippen molar-refractivity contribution >= 4 is 40.7 Å². The summed E-state index contributed by atoms with van der Waals surface area (Å²) in [5.41, 5.74) is 1.46. The van der Waals surface area contributed by atoms with Gasteiger partial charge in [0.25, 0.3) is 5.91 Å². The van der Waals surface area contributed by atoms with E-state index in [2.05, 4.69) is 5.10 Å². The predicted octanol–water partition coefficient (Wildman–Crippen LogP) is 4.17. The van der Waals surface area contributed by atoms with E-state index in [4.69, 9.17) is 0 Å². The number of carbonyl (C=O) groups is 1. The van der Waals surface area contributed by atoms with Gasteiger partial charge in [-0.15, -0.1) is 22.7 Å². The Morgan fingerprint density at radius 1 is 1.30 bits per heavy atom. The largest absolute Gasteiger partial charge is 0.279 e. The Morgan fingerprint density at radius 2 is 2.20 bits per heavy atom. The highest BCUT2D eigenvalue weighted by atomic mass is 32.1. The molecular formula is C15H12N2OS2. The second-order valence-electron chi connectivity index (χ2n) is 4.29. The van der Waals surface area contributed by atoms with Crippen molar-refractivity contribution in [3.8, 4) is 0 Å². The first-order chi connectivity index (χ1) is 9.72. The number of carbonyl (C=O) groups excluding carboxylic acids is 1. The molecule has 0 aromatic carbocycles. The lowest BCUT2D eigenvalue weighted by Crippen LogP contribution is -2.11. The van der Waals surface area contributed by atoms with Crippen molar-refractivity contribution in [1.82, 2.24) is 9.78 Å². The summed E-state index contributed by atoms with van der Waals surface area (Å²) in [6.45, 7) is 1.99. The molecule has 0 atom stereocenters. The van der Waals surface area contributed by atoms with Crippen LogP contribution in [-0.2, 0) is 0 Å². The zero-order valence-corrected chi connectivity index (χ0v) is 12.4. The summed E-state index contributed by atoms with van der Waals surface area (Å²) in [5.74, 6) is -0.0925. The fourth-order valence-electron chi connectivity index (χ4n) is 1.78. The zero-order valence-electron chi connectivity index (χ0n) is 10.8. The molecule has 0 bridgehead atoms. The zero-order chi connectivity index (χ0) is 13.9. The Labute approximate surface area is 124 Å². The molecule has 0 fully saturated rings. The molecule has 0 saturated heterocycles. The fourth-order valence-corrected chi connectivity index (χ4v) is 3.08. The lowest BCUT2D eigenvalue weighted by atomic mass is 10.3. The van der Waals surface area contributed by atoms with Gasteiger partial charge in [-0.05, 0) is 42.7 Å². The third-order valence-electron chi connectivity index (χ3n) is 2.76. The van der Waals surface area contributed by atoms with E-state index >= 15 is 0 Å². The van der Waals surface area contributed by atoms with Crippen molar-refractivity contribution in [2.24, 2.45) is 0 Å². The summed E-state index contributed by atoms with van der Waals surface area (Å²) >= 11 is 3.24. The summed E-state index contributed by atoms with van der Waals surface area (Å²) in [6, 6.07) is 7.76. The van der Waals surface area contributed by atoms with Gasteiger partial charge in [0.1, 0.15) is 0 Å². The van der Waals surface area contributed by atoms with Crippen LogP contribution in [0.4, 0.5) is 0 Å². The normalized spacial score (nSPS) is 11.2. The van der Waals surface area contributed by atoms with Crippen LogP contribution in [0.5, 0.6) is 0 Å². The lowest BCUT2D eigenvalue weighted by molar-refractivity contribution is 0.0945. The van der Waals surface area contributed by atoms with Gasteiger partial charge < -0.3 is 0 Å². The molecule has 5 heteroatoms. The van der Waals surface area contributed by atoms with E-state index in [-0.39, 0.29) is 5.91 Å². The van der Waals surface area contributed by atoms with Crippen molar-refractivity contribution in [3.05, 3.63) is 62.2 Å². The lowest BCUT2D eigenvalue weighted by Gasteiger charge is -1.95. The van der Waals surface area contributed by atoms with Gasteiger partial charge in [-0.3, -0.25) is 4.79 Å². The molecule has 0 aliphatic rings. The quantitative estimate of drug-likeness (QED) is 0.727. The van der Waals surface area contributed by atoms with Crippen LogP contribution in [0.2, 0.25) is 0 Å². The van der Waals surface area contributed by atoms with Gasteiger partial charge in [-0.2, -0.15) is 5.10 Å². The molecule has 3 aromatic heterocycles. The first-order valence-corrected chi connectivity index (χ1v) is 7.85. The van der Waals surface area contributed by atoms with Crippen molar-refractivity contribution in [2.45, 2.75) is 6.92 Å². The molecule has 0 spiro atoms. The summed E-state index contributed by atoms with van der Waals surface area (Å²) in [4.78, 5) is 14.5. The second-order valence-corrected chi connectivity index (χ2v) is 6.38. The van der Waals surface area contributed by atoms with Gasteiger partial charge in [0.15, 0.2) is 0 Å². The fraction of sp³-hybridized carbons (Fsp3) is 0.0667. The third kappa shape index (κ3) is 2.79.